The first-order valence-electron chi connectivity index (χ1n) is 5.97. The highest BCUT2D eigenvalue weighted by Gasteiger charge is 2.12. The first kappa shape index (κ1) is 13.7. The molecule has 0 saturated carbocycles. The Morgan fingerprint density at radius 1 is 1.00 bits per heavy atom. The molecule has 0 aliphatic rings. The summed E-state index contributed by atoms with van der Waals surface area (Å²) < 4.78 is 28.5. The van der Waals surface area contributed by atoms with E-state index >= 15 is 0 Å². The van der Waals surface area contributed by atoms with Crippen LogP contribution in [0.2, 0.25) is 0 Å². The number of nitrogens with zero attached hydrogens (tertiary/aromatic N) is 1. The maximum Gasteiger partial charge on any atom is 0.271 e. The van der Waals surface area contributed by atoms with Gasteiger partial charge in [-0.3, -0.25) is 9.17 Å². The summed E-state index contributed by atoms with van der Waals surface area (Å²) in [4.78, 5) is 4.11. The van der Waals surface area contributed by atoms with Gasteiger partial charge in [-0.05, 0) is 17.7 Å². The summed E-state index contributed by atoms with van der Waals surface area (Å²) in [6.45, 7) is 0.117. The summed E-state index contributed by atoms with van der Waals surface area (Å²) in [7, 11) is -3.53. The number of rotatable bonds is 6. The topological polar surface area (TPSA) is 56.3 Å². The Labute approximate surface area is 113 Å². The van der Waals surface area contributed by atoms with E-state index in [1.54, 1.807) is 30.5 Å². The Hall–Kier alpha value is -1.72. The third kappa shape index (κ3) is 4.81. The molecule has 0 unspecified atom stereocenters. The highest BCUT2D eigenvalue weighted by molar-refractivity contribution is 7.85. The zero-order valence-electron chi connectivity index (χ0n) is 10.4. The summed E-state index contributed by atoms with van der Waals surface area (Å²) in [6.07, 6.45) is 2.16. The molecule has 4 nitrogen and oxygen atoms in total. The molecule has 2 aromatic rings. The van der Waals surface area contributed by atoms with Crippen molar-refractivity contribution in [3.63, 3.8) is 0 Å². The van der Waals surface area contributed by atoms with E-state index in [-0.39, 0.29) is 12.4 Å². The van der Waals surface area contributed by atoms with Gasteiger partial charge in [0.15, 0.2) is 0 Å². The Bertz CT molecular complexity index is 597. The van der Waals surface area contributed by atoms with Crippen molar-refractivity contribution in [2.75, 3.05) is 6.61 Å². The van der Waals surface area contributed by atoms with Gasteiger partial charge in [0.05, 0.1) is 6.61 Å². The normalized spacial score (nSPS) is 11.4. The molecule has 2 rings (SSSR count). The van der Waals surface area contributed by atoms with Crippen molar-refractivity contribution >= 4 is 10.1 Å². The van der Waals surface area contributed by atoms with E-state index in [2.05, 4.69) is 4.98 Å². The van der Waals surface area contributed by atoms with Gasteiger partial charge in [0.1, 0.15) is 5.75 Å². The molecular formula is C14H15NO3S. The van der Waals surface area contributed by atoms with Crippen LogP contribution in [0.4, 0.5) is 0 Å². The maximum atomic E-state index is 11.7. The average Bonchev–Trinajstić information content (AvgIpc) is 2.40. The second-order valence-electron chi connectivity index (χ2n) is 4.08. The summed E-state index contributed by atoms with van der Waals surface area (Å²) in [5.74, 6) is -0.101. The van der Waals surface area contributed by atoms with Crippen LogP contribution in [-0.4, -0.2) is 20.0 Å². The molecule has 0 fully saturated rings. The lowest BCUT2D eigenvalue weighted by molar-refractivity contribution is 0.320. The fourth-order valence-corrected chi connectivity index (χ4v) is 2.66. The minimum Gasteiger partial charge on any atom is -0.269 e. The third-order valence-corrected chi connectivity index (χ3v) is 3.75. The van der Waals surface area contributed by atoms with Crippen molar-refractivity contribution in [2.24, 2.45) is 0 Å². The molecular weight excluding hydrogens is 262 g/mol. The molecule has 1 heterocycles. The zero-order valence-corrected chi connectivity index (χ0v) is 11.2. The lowest BCUT2D eigenvalue weighted by atomic mass is 10.2. The Morgan fingerprint density at radius 2 is 1.74 bits per heavy atom. The predicted octanol–water partition coefficient (Wildman–Crippen LogP) is 2.17. The van der Waals surface area contributed by atoms with Gasteiger partial charge < -0.3 is 0 Å². The van der Waals surface area contributed by atoms with Crippen LogP contribution in [0.3, 0.4) is 0 Å². The molecule has 100 valence electrons. The highest BCUT2D eigenvalue weighted by Crippen LogP contribution is 2.07. The smallest absolute Gasteiger partial charge is 0.269 e. The number of aromatic nitrogens is 1. The van der Waals surface area contributed by atoms with Crippen molar-refractivity contribution < 1.29 is 12.6 Å². The second-order valence-corrected chi connectivity index (χ2v) is 5.72. The van der Waals surface area contributed by atoms with E-state index in [4.69, 9.17) is 4.18 Å². The molecule has 0 atom stereocenters. The molecule has 19 heavy (non-hydrogen) atoms. The monoisotopic (exact) mass is 277 g/mol. The van der Waals surface area contributed by atoms with E-state index < -0.39 is 10.1 Å². The molecule has 0 aliphatic heterocycles. The molecule has 0 radical (unpaired) electrons. The van der Waals surface area contributed by atoms with E-state index in [9.17, 15) is 8.42 Å². The van der Waals surface area contributed by atoms with Crippen LogP contribution in [0.25, 0.3) is 0 Å². The van der Waals surface area contributed by atoms with E-state index in [0.717, 1.165) is 11.3 Å². The Kier molecular flexibility index (Phi) is 4.65. The standard InChI is InChI=1S/C14H15NO3S/c16-19(17,12-13-6-2-1-3-7-13)18-11-9-14-8-4-5-10-15-14/h1-8,10H,9,11-12H2. The van der Waals surface area contributed by atoms with Crippen LogP contribution in [0.5, 0.6) is 0 Å². The zero-order chi connectivity index (χ0) is 13.6. The number of hydrogen-bond acceptors (Lipinski definition) is 4. The Morgan fingerprint density at radius 3 is 2.42 bits per heavy atom. The average molecular weight is 277 g/mol. The van der Waals surface area contributed by atoms with Gasteiger partial charge in [0, 0.05) is 18.3 Å². The number of benzene rings is 1. The summed E-state index contributed by atoms with van der Waals surface area (Å²) >= 11 is 0. The molecule has 0 bridgehead atoms. The Balaban J connectivity index is 1.85. The van der Waals surface area contributed by atoms with E-state index in [0.29, 0.717) is 6.42 Å². The van der Waals surface area contributed by atoms with Crippen molar-refractivity contribution in [2.45, 2.75) is 12.2 Å². The lowest BCUT2D eigenvalue weighted by Gasteiger charge is -2.05. The van der Waals surface area contributed by atoms with Crippen molar-refractivity contribution in [3.8, 4) is 0 Å². The van der Waals surface area contributed by atoms with Crippen LogP contribution in [0.1, 0.15) is 11.3 Å². The number of pyridine rings is 1. The van der Waals surface area contributed by atoms with Crippen LogP contribution in [0, 0.1) is 0 Å². The van der Waals surface area contributed by atoms with Gasteiger partial charge in [-0.1, -0.05) is 36.4 Å². The number of hydrogen-bond donors (Lipinski definition) is 0. The van der Waals surface area contributed by atoms with Crippen LogP contribution in [0.15, 0.2) is 54.7 Å². The SMILES string of the molecule is O=S(=O)(Cc1ccccc1)OCCc1ccccn1. The van der Waals surface area contributed by atoms with Gasteiger partial charge in [0.25, 0.3) is 10.1 Å². The third-order valence-electron chi connectivity index (χ3n) is 2.53. The molecule has 0 spiro atoms. The summed E-state index contributed by atoms with van der Waals surface area (Å²) in [6, 6.07) is 14.5. The van der Waals surface area contributed by atoms with Gasteiger partial charge in [-0.2, -0.15) is 8.42 Å². The minimum absolute atomic E-state index is 0.101. The molecule has 0 saturated heterocycles. The van der Waals surface area contributed by atoms with Crippen LogP contribution in [-0.2, 0) is 26.5 Å². The van der Waals surface area contributed by atoms with Gasteiger partial charge >= 0.3 is 0 Å². The van der Waals surface area contributed by atoms with Gasteiger partial charge in [0.2, 0.25) is 0 Å². The fourth-order valence-electron chi connectivity index (χ4n) is 1.64. The lowest BCUT2D eigenvalue weighted by Crippen LogP contribution is -2.11. The maximum absolute atomic E-state index is 11.7. The largest absolute Gasteiger partial charge is 0.271 e. The first-order valence-corrected chi connectivity index (χ1v) is 7.54. The summed E-state index contributed by atoms with van der Waals surface area (Å²) in [5.41, 5.74) is 1.54. The van der Waals surface area contributed by atoms with Crippen molar-refractivity contribution in [3.05, 3.63) is 66.0 Å². The van der Waals surface area contributed by atoms with Gasteiger partial charge in [-0.15, -0.1) is 0 Å². The quantitative estimate of drug-likeness (QED) is 0.759. The summed E-state index contributed by atoms with van der Waals surface area (Å²) in [5, 5.41) is 0. The van der Waals surface area contributed by atoms with Crippen molar-refractivity contribution in [1.29, 1.82) is 0 Å². The van der Waals surface area contributed by atoms with Gasteiger partial charge in [-0.25, -0.2) is 0 Å². The van der Waals surface area contributed by atoms with E-state index in [1.165, 1.54) is 0 Å². The molecule has 0 amide bonds. The molecule has 1 aromatic heterocycles. The molecule has 0 aliphatic carbocycles. The highest BCUT2D eigenvalue weighted by atomic mass is 32.2. The first-order chi connectivity index (χ1) is 9.16. The van der Waals surface area contributed by atoms with Crippen molar-refractivity contribution in [1.82, 2.24) is 4.98 Å². The minimum atomic E-state index is -3.53. The second kappa shape index (κ2) is 6.45. The fraction of sp³-hybridized carbons (Fsp3) is 0.214. The van der Waals surface area contributed by atoms with Crippen LogP contribution >= 0.6 is 0 Å². The predicted molar refractivity (Wildman–Crippen MR) is 73.0 cm³/mol. The molecule has 0 N–H and O–H groups in total. The molecule has 5 heteroatoms. The molecule has 1 aromatic carbocycles. The van der Waals surface area contributed by atoms with E-state index in [1.807, 2.05) is 24.3 Å². The van der Waals surface area contributed by atoms with Crippen LogP contribution < -0.4 is 0 Å².